The van der Waals surface area contributed by atoms with Crippen LogP contribution in [0.25, 0.3) is 0 Å². The molecule has 0 aromatic heterocycles. The number of amides is 1. The first-order valence-electron chi connectivity index (χ1n) is 4.25. The van der Waals surface area contributed by atoms with Gasteiger partial charge in [0.15, 0.2) is 0 Å². The van der Waals surface area contributed by atoms with Crippen LogP contribution in [0.2, 0.25) is 0 Å². The van der Waals surface area contributed by atoms with Gasteiger partial charge in [0.2, 0.25) is 0 Å². The molecule has 0 spiro atoms. The molecule has 1 aliphatic rings. The molecule has 13 heavy (non-hydrogen) atoms. The normalized spacial score (nSPS) is 22.9. The van der Waals surface area contributed by atoms with Crippen LogP contribution in [0, 0.1) is 10.8 Å². The summed E-state index contributed by atoms with van der Waals surface area (Å²) in [5.74, 6) is 4.63. The largest absolute Gasteiger partial charge is 0.328 e. The molecule has 0 aliphatic carbocycles. The van der Waals surface area contributed by atoms with Crippen molar-refractivity contribution in [3.05, 3.63) is 0 Å². The van der Waals surface area contributed by atoms with Gasteiger partial charge in [0.1, 0.15) is 0 Å². The van der Waals surface area contributed by atoms with E-state index in [0.29, 0.717) is 6.04 Å². The van der Waals surface area contributed by atoms with E-state index in [9.17, 15) is 4.79 Å². The Morgan fingerprint density at radius 3 is 3.08 bits per heavy atom. The monoisotopic (exact) mass is 261 g/mol. The van der Waals surface area contributed by atoms with Gasteiger partial charge in [-0.15, -0.1) is 0 Å². The summed E-state index contributed by atoms with van der Waals surface area (Å²) in [6.45, 7) is 2.91. The van der Waals surface area contributed by atoms with E-state index in [1.807, 2.05) is 16.7 Å². The van der Waals surface area contributed by atoms with Crippen LogP contribution in [0.4, 0.5) is 0 Å². The number of hydrogen-bond donors (Lipinski definition) is 0. The lowest BCUT2D eigenvalue weighted by Crippen LogP contribution is -2.38. The van der Waals surface area contributed by atoms with Gasteiger partial charge in [-0.2, -0.15) is 11.8 Å². The first-order valence-corrected chi connectivity index (χ1v) is 6.20. The molecular formula is C9H12BrNOS. The second kappa shape index (κ2) is 5.56. The summed E-state index contributed by atoms with van der Waals surface area (Å²) in [6, 6.07) is 0.329. The number of rotatable bonds is 0. The Hall–Kier alpha value is -0.140. The van der Waals surface area contributed by atoms with Crippen molar-refractivity contribution in [2.45, 2.75) is 19.4 Å². The van der Waals surface area contributed by atoms with Crippen LogP contribution in [0.15, 0.2) is 0 Å². The maximum Gasteiger partial charge on any atom is 0.299 e. The van der Waals surface area contributed by atoms with Crippen molar-refractivity contribution in [3.8, 4) is 10.8 Å². The predicted molar refractivity (Wildman–Crippen MR) is 59.8 cm³/mol. The predicted octanol–water partition coefficient (Wildman–Crippen LogP) is 1.70. The highest BCUT2D eigenvalue weighted by molar-refractivity contribution is 9.12. The average Bonchev–Trinajstić information content (AvgIpc) is 2.30. The lowest BCUT2D eigenvalue weighted by Gasteiger charge is -2.24. The Labute approximate surface area is 91.6 Å². The van der Waals surface area contributed by atoms with Crippen molar-refractivity contribution >= 4 is 33.6 Å². The number of hydrogen-bond acceptors (Lipinski definition) is 2. The Morgan fingerprint density at radius 2 is 2.38 bits per heavy atom. The molecule has 1 atom stereocenters. The minimum absolute atomic E-state index is 0.0631. The van der Waals surface area contributed by atoms with E-state index in [4.69, 9.17) is 0 Å². The van der Waals surface area contributed by atoms with Crippen LogP contribution in [-0.2, 0) is 4.79 Å². The summed E-state index contributed by atoms with van der Waals surface area (Å²) in [6.07, 6.45) is 1.07. The van der Waals surface area contributed by atoms with Crippen LogP contribution in [0.5, 0.6) is 0 Å². The van der Waals surface area contributed by atoms with E-state index in [0.717, 1.165) is 24.5 Å². The zero-order valence-corrected chi connectivity index (χ0v) is 9.95. The summed E-state index contributed by atoms with van der Waals surface area (Å²) in [7, 11) is 0. The van der Waals surface area contributed by atoms with Crippen molar-refractivity contribution < 1.29 is 4.79 Å². The van der Waals surface area contributed by atoms with Gasteiger partial charge >= 0.3 is 0 Å². The Balaban J connectivity index is 2.62. The van der Waals surface area contributed by atoms with Gasteiger partial charge in [-0.05, 0) is 23.9 Å². The van der Waals surface area contributed by atoms with Crippen molar-refractivity contribution in [2.75, 3.05) is 18.1 Å². The molecule has 0 aromatic rings. The molecule has 0 radical (unpaired) electrons. The molecule has 2 nitrogen and oxygen atoms in total. The van der Waals surface area contributed by atoms with E-state index < -0.39 is 0 Å². The second-order valence-electron chi connectivity index (χ2n) is 2.97. The van der Waals surface area contributed by atoms with Gasteiger partial charge in [0.05, 0.1) is 0 Å². The highest BCUT2D eigenvalue weighted by atomic mass is 79.9. The molecule has 72 valence electrons. The molecule has 1 heterocycles. The number of carbonyl (C=O) groups is 1. The quantitative estimate of drug-likeness (QED) is 0.619. The Bertz CT molecular complexity index is 246. The fourth-order valence-corrected chi connectivity index (χ4v) is 2.52. The Kier molecular flexibility index (Phi) is 4.68. The summed E-state index contributed by atoms with van der Waals surface area (Å²) in [5.41, 5.74) is 0. The zero-order valence-electron chi connectivity index (χ0n) is 7.55. The number of nitrogens with zero attached hydrogens (tertiary/aromatic N) is 1. The molecule has 1 amide bonds. The topological polar surface area (TPSA) is 20.3 Å². The first-order chi connectivity index (χ1) is 6.25. The minimum Gasteiger partial charge on any atom is -0.328 e. The molecule has 1 fully saturated rings. The summed E-state index contributed by atoms with van der Waals surface area (Å²) in [5, 5.41) is 0. The number of thioether (sulfide) groups is 1. The smallest absolute Gasteiger partial charge is 0.299 e. The van der Waals surface area contributed by atoms with Gasteiger partial charge in [-0.25, -0.2) is 0 Å². The minimum atomic E-state index is -0.0631. The second-order valence-corrected chi connectivity index (χ2v) is 4.59. The first kappa shape index (κ1) is 10.9. The molecule has 0 saturated carbocycles. The van der Waals surface area contributed by atoms with Gasteiger partial charge < -0.3 is 4.90 Å². The molecule has 1 unspecified atom stereocenters. The van der Waals surface area contributed by atoms with Crippen LogP contribution in [-0.4, -0.2) is 34.9 Å². The van der Waals surface area contributed by atoms with Crippen molar-refractivity contribution in [1.82, 2.24) is 4.90 Å². The van der Waals surface area contributed by atoms with Gasteiger partial charge in [-0.1, -0.05) is 0 Å². The number of halogens is 1. The molecule has 0 aromatic carbocycles. The lowest BCUT2D eigenvalue weighted by atomic mass is 10.2. The fourth-order valence-electron chi connectivity index (χ4n) is 1.31. The van der Waals surface area contributed by atoms with Crippen molar-refractivity contribution in [2.24, 2.45) is 0 Å². The van der Waals surface area contributed by atoms with E-state index in [1.165, 1.54) is 0 Å². The van der Waals surface area contributed by atoms with Crippen LogP contribution in [0.1, 0.15) is 13.3 Å². The zero-order chi connectivity index (χ0) is 9.68. The molecule has 1 saturated heterocycles. The van der Waals surface area contributed by atoms with E-state index in [-0.39, 0.29) is 5.91 Å². The van der Waals surface area contributed by atoms with Crippen LogP contribution >= 0.6 is 27.7 Å². The van der Waals surface area contributed by atoms with Gasteiger partial charge in [0, 0.05) is 40.2 Å². The summed E-state index contributed by atoms with van der Waals surface area (Å²) in [4.78, 5) is 15.8. The van der Waals surface area contributed by atoms with Crippen LogP contribution in [0.3, 0.4) is 0 Å². The lowest BCUT2D eigenvalue weighted by molar-refractivity contribution is -0.126. The third-order valence-corrected chi connectivity index (χ3v) is 3.30. The standard InChI is InChI=1S/C9H12BrNOS/c1-8-3-6-13-7-5-11(8)9(12)2-4-10/h8H,3,5-7H2,1H3. The molecular weight excluding hydrogens is 250 g/mol. The molecule has 4 heteroatoms. The highest BCUT2D eigenvalue weighted by Gasteiger charge is 2.20. The molecule has 1 rings (SSSR count). The average molecular weight is 262 g/mol. The maximum atomic E-state index is 11.5. The molecule has 0 N–H and O–H groups in total. The van der Waals surface area contributed by atoms with E-state index in [2.05, 4.69) is 33.6 Å². The fraction of sp³-hybridized carbons (Fsp3) is 0.667. The highest BCUT2D eigenvalue weighted by Crippen LogP contribution is 2.15. The van der Waals surface area contributed by atoms with Gasteiger partial charge in [-0.3, -0.25) is 4.79 Å². The summed E-state index contributed by atoms with van der Waals surface area (Å²) < 4.78 is 0. The summed E-state index contributed by atoms with van der Waals surface area (Å²) >= 11 is 4.85. The molecule has 0 bridgehead atoms. The van der Waals surface area contributed by atoms with Crippen molar-refractivity contribution in [3.63, 3.8) is 0 Å². The molecule has 1 aliphatic heterocycles. The SMILES string of the molecule is CC1CCSCCN1C(=O)C#CBr. The van der Waals surface area contributed by atoms with E-state index >= 15 is 0 Å². The Morgan fingerprint density at radius 1 is 1.62 bits per heavy atom. The van der Waals surface area contributed by atoms with E-state index in [1.54, 1.807) is 0 Å². The number of carbonyl (C=O) groups excluding carboxylic acids is 1. The van der Waals surface area contributed by atoms with Crippen LogP contribution < -0.4 is 0 Å². The van der Waals surface area contributed by atoms with Gasteiger partial charge in [0.25, 0.3) is 5.91 Å². The third-order valence-electron chi connectivity index (χ3n) is 2.10. The maximum absolute atomic E-state index is 11.5. The van der Waals surface area contributed by atoms with Crippen molar-refractivity contribution in [1.29, 1.82) is 0 Å². The third kappa shape index (κ3) is 3.24.